The molecule has 0 fully saturated rings. The summed E-state index contributed by atoms with van der Waals surface area (Å²) in [7, 11) is -2.17. The first-order chi connectivity index (χ1) is 9.92. The normalized spacial score (nSPS) is 12.9. The zero-order valence-corrected chi connectivity index (χ0v) is 12.2. The van der Waals surface area contributed by atoms with E-state index in [9.17, 15) is 17.9 Å². The number of ether oxygens (including phenoxy) is 1. The van der Waals surface area contributed by atoms with E-state index in [1.807, 2.05) is 0 Å². The first kappa shape index (κ1) is 15.5. The Morgan fingerprint density at radius 1 is 1.10 bits per heavy atom. The van der Waals surface area contributed by atoms with Gasteiger partial charge in [0.05, 0.1) is 23.9 Å². The van der Waals surface area contributed by atoms with E-state index in [0.29, 0.717) is 11.3 Å². The van der Waals surface area contributed by atoms with Crippen LogP contribution in [0.3, 0.4) is 0 Å². The van der Waals surface area contributed by atoms with Crippen molar-refractivity contribution in [2.75, 3.05) is 12.9 Å². The third-order valence-corrected chi connectivity index (χ3v) is 4.80. The van der Waals surface area contributed by atoms with Gasteiger partial charge in [-0.05, 0) is 42.0 Å². The van der Waals surface area contributed by atoms with E-state index in [-0.39, 0.29) is 4.90 Å². The van der Waals surface area contributed by atoms with Gasteiger partial charge in [0, 0.05) is 0 Å². The second-order valence-electron chi connectivity index (χ2n) is 4.52. The topological polar surface area (TPSA) is 63.6 Å². The summed E-state index contributed by atoms with van der Waals surface area (Å²) in [5.41, 5.74) is 0.474. The Labute approximate surface area is 122 Å². The predicted molar refractivity (Wildman–Crippen MR) is 76.4 cm³/mol. The molecule has 0 aromatic heterocycles. The summed E-state index contributed by atoms with van der Waals surface area (Å²) in [5.74, 6) is -0.359. The van der Waals surface area contributed by atoms with Gasteiger partial charge in [0.2, 0.25) is 0 Å². The minimum Gasteiger partial charge on any atom is -0.497 e. The summed E-state index contributed by atoms with van der Waals surface area (Å²) in [6, 6.07) is 11.0. The number of hydrogen-bond donors (Lipinski definition) is 1. The van der Waals surface area contributed by atoms with Gasteiger partial charge in [-0.1, -0.05) is 12.1 Å². The number of benzene rings is 2. The molecule has 0 spiro atoms. The zero-order valence-electron chi connectivity index (χ0n) is 11.4. The molecule has 1 unspecified atom stereocenters. The van der Waals surface area contributed by atoms with Crippen LogP contribution in [-0.2, 0) is 9.84 Å². The lowest BCUT2D eigenvalue weighted by Gasteiger charge is -2.12. The van der Waals surface area contributed by atoms with Crippen LogP contribution in [0.5, 0.6) is 5.75 Å². The fourth-order valence-electron chi connectivity index (χ4n) is 1.87. The molecule has 21 heavy (non-hydrogen) atoms. The number of rotatable bonds is 5. The second kappa shape index (κ2) is 6.24. The van der Waals surface area contributed by atoms with E-state index in [4.69, 9.17) is 4.74 Å². The van der Waals surface area contributed by atoms with Crippen LogP contribution in [0.4, 0.5) is 4.39 Å². The molecule has 0 aliphatic heterocycles. The fourth-order valence-corrected chi connectivity index (χ4v) is 3.22. The molecule has 0 saturated heterocycles. The van der Waals surface area contributed by atoms with Crippen molar-refractivity contribution in [1.29, 1.82) is 0 Å². The Kier molecular flexibility index (Phi) is 4.59. The molecule has 0 aliphatic carbocycles. The molecule has 1 atom stereocenters. The number of aliphatic hydroxyl groups is 1. The van der Waals surface area contributed by atoms with E-state index in [1.54, 1.807) is 24.3 Å². The summed E-state index contributed by atoms with van der Waals surface area (Å²) < 4.78 is 42.1. The summed E-state index contributed by atoms with van der Waals surface area (Å²) in [5, 5.41) is 10.0. The molecule has 4 nitrogen and oxygen atoms in total. The van der Waals surface area contributed by atoms with E-state index in [1.165, 1.54) is 19.2 Å². The lowest BCUT2D eigenvalue weighted by molar-refractivity contribution is 0.201. The highest BCUT2D eigenvalue weighted by Crippen LogP contribution is 2.22. The standard InChI is InChI=1S/C15H15FO4S/c1-20-13-6-2-11(3-7-13)15(17)10-21(18,19)14-8-4-12(16)5-9-14/h2-9,15,17H,10H2,1H3. The maximum Gasteiger partial charge on any atom is 0.181 e. The Balaban J connectivity index is 2.17. The molecular weight excluding hydrogens is 295 g/mol. The van der Waals surface area contributed by atoms with Crippen LogP contribution >= 0.6 is 0 Å². The van der Waals surface area contributed by atoms with Crippen molar-refractivity contribution in [3.63, 3.8) is 0 Å². The number of aliphatic hydroxyl groups excluding tert-OH is 1. The van der Waals surface area contributed by atoms with Crippen LogP contribution in [0.1, 0.15) is 11.7 Å². The number of halogens is 1. The van der Waals surface area contributed by atoms with Crippen molar-refractivity contribution in [1.82, 2.24) is 0 Å². The molecule has 2 aromatic rings. The van der Waals surface area contributed by atoms with Crippen molar-refractivity contribution in [3.05, 3.63) is 59.9 Å². The summed E-state index contributed by atoms with van der Waals surface area (Å²) in [4.78, 5) is -0.0172. The minimum absolute atomic E-state index is 0.0172. The molecule has 1 N–H and O–H groups in total. The van der Waals surface area contributed by atoms with Crippen molar-refractivity contribution < 1.29 is 22.7 Å². The Morgan fingerprint density at radius 3 is 2.19 bits per heavy atom. The SMILES string of the molecule is COc1ccc(C(O)CS(=O)(=O)c2ccc(F)cc2)cc1. The van der Waals surface area contributed by atoms with Crippen molar-refractivity contribution >= 4 is 9.84 Å². The third kappa shape index (κ3) is 3.80. The lowest BCUT2D eigenvalue weighted by Crippen LogP contribution is -2.14. The molecule has 2 aromatic carbocycles. The van der Waals surface area contributed by atoms with Gasteiger partial charge >= 0.3 is 0 Å². The van der Waals surface area contributed by atoms with Crippen LogP contribution in [0.25, 0.3) is 0 Å². The zero-order chi connectivity index (χ0) is 15.5. The van der Waals surface area contributed by atoms with Gasteiger partial charge in [-0.15, -0.1) is 0 Å². The van der Waals surface area contributed by atoms with Crippen LogP contribution in [-0.4, -0.2) is 26.4 Å². The van der Waals surface area contributed by atoms with Crippen LogP contribution in [0.15, 0.2) is 53.4 Å². The summed E-state index contributed by atoms with van der Waals surface area (Å²) >= 11 is 0. The van der Waals surface area contributed by atoms with Crippen LogP contribution < -0.4 is 4.74 Å². The average Bonchev–Trinajstić information content (AvgIpc) is 2.47. The van der Waals surface area contributed by atoms with Crippen LogP contribution in [0.2, 0.25) is 0 Å². The first-order valence-electron chi connectivity index (χ1n) is 6.23. The molecule has 0 heterocycles. The van der Waals surface area contributed by atoms with Gasteiger partial charge in [-0.25, -0.2) is 12.8 Å². The maximum atomic E-state index is 12.8. The van der Waals surface area contributed by atoms with Gasteiger partial charge < -0.3 is 9.84 Å². The minimum atomic E-state index is -3.69. The summed E-state index contributed by atoms with van der Waals surface area (Å²) in [6.45, 7) is 0. The van der Waals surface area contributed by atoms with Gasteiger partial charge in [0.25, 0.3) is 0 Å². The van der Waals surface area contributed by atoms with Crippen LogP contribution in [0, 0.1) is 5.82 Å². The number of methoxy groups -OCH3 is 1. The van der Waals surface area contributed by atoms with E-state index >= 15 is 0 Å². The van der Waals surface area contributed by atoms with E-state index in [2.05, 4.69) is 0 Å². The van der Waals surface area contributed by atoms with Crippen molar-refractivity contribution in [3.8, 4) is 5.75 Å². The quantitative estimate of drug-likeness (QED) is 0.861. The average molecular weight is 310 g/mol. The molecule has 0 amide bonds. The van der Waals surface area contributed by atoms with Gasteiger partial charge in [-0.2, -0.15) is 0 Å². The van der Waals surface area contributed by atoms with Gasteiger partial charge in [0.15, 0.2) is 9.84 Å². The third-order valence-electron chi connectivity index (χ3n) is 3.05. The molecule has 2 rings (SSSR count). The molecule has 112 valence electrons. The highest BCUT2D eigenvalue weighted by Gasteiger charge is 2.21. The molecule has 0 aliphatic rings. The molecule has 0 radical (unpaired) electrons. The molecule has 0 bridgehead atoms. The maximum absolute atomic E-state index is 12.8. The smallest absolute Gasteiger partial charge is 0.181 e. The molecular formula is C15H15FO4S. The summed E-state index contributed by atoms with van der Waals surface area (Å²) in [6.07, 6.45) is -1.16. The fraction of sp³-hybridized carbons (Fsp3) is 0.200. The largest absolute Gasteiger partial charge is 0.497 e. The molecule has 0 saturated carbocycles. The number of sulfone groups is 1. The van der Waals surface area contributed by atoms with Crippen molar-refractivity contribution in [2.24, 2.45) is 0 Å². The van der Waals surface area contributed by atoms with Gasteiger partial charge in [-0.3, -0.25) is 0 Å². The number of hydrogen-bond acceptors (Lipinski definition) is 4. The monoisotopic (exact) mass is 310 g/mol. The highest BCUT2D eigenvalue weighted by atomic mass is 32.2. The van der Waals surface area contributed by atoms with Crippen molar-refractivity contribution in [2.45, 2.75) is 11.0 Å². The lowest BCUT2D eigenvalue weighted by atomic mass is 10.1. The van der Waals surface area contributed by atoms with E-state index in [0.717, 1.165) is 12.1 Å². The first-order valence-corrected chi connectivity index (χ1v) is 7.88. The van der Waals surface area contributed by atoms with E-state index < -0.39 is 27.5 Å². The molecule has 6 heteroatoms. The highest BCUT2D eigenvalue weighted by molar-refractivity contribution is 7.91. The Morgan fingerprint density at radius 2 is 1.67 bits per heavy atom. The predicted octanol–water partition coefficient (Wildman–Crippen LogP) is 2.34. The Bertz CT molecular complexity index is 693. The van der Waals surface area contributed by atoms with Gasteiger partial charge in [0.1, 0.15) is 11.6 Å². The Hall–Kier alpha value is -1.92. The second-order valence-corrected chi connectivity index (χ2v) is 6.56.